The molecule has 0 aliphatic heterocycles. The summed E-state index contributed by atoms with van der Waals surface area (Å²) in [6, 6.07) is 113. The van der Waals surface area contributed by atoms with Crippen LogP contribution in [0.1, 0.15) is 0 Å². The summed E-state index contributed by atoms with van der Waals surface area (Å²) in [6.07, 6.45) is 0. The topological polar surface area (TPSA) is 32.8 Å². The van der Waals surface area contributed by atoms with Crippen LogP contribution >= 0.6 is 22.7 Å². The van der Waals surface area contributed by atoms with Crippen molar-refractivity contribution in [2.75, 3.05) is 9.80 Å². The Kier molecular flexibility index (Phi) is 12.9. The first kappa shape index (κ1) is 50.9. The zero-order valence-corrected chi connectivity index (χ0v) is 48.2. The summed E-state index contributed by atoms with van der Waals surface area (Å²) in [6.45, 7) is 0. The molecule has 406 valence electrons. The Hall–Kier alpha value is -10.8. The van der Waals surface area contributed by atoms with E-state index in [0.717, 1.165) is 111 Å². The number of hydrogen-bond acceptors (Lipinski definition) is 6. The van der Waals surface area contributed by atoms with Crippen LogP contribution in [0.2, 0.25) is 0 Å². The second-order valence-corrected chi connectivity index (χ2v) is 23.7. The van der Waals surface area contributed by atoms with Crippen molar-refractivity contribution in [2.24, 2.45) is 0 Å². The maximum atomic E-state index is 6.49. The molecule has 0 aliphatic carbocycles. The first-order valence-corrected chi connectivity index (χ1v) is 30.6. The van der Waals surface area contributed by atoms with Gasteiger partial charge in [0, 0.05) is 86.3 Å². The second-order valence-electron chi connectivity index (χ2n) is 21.6. The van der Waals surface area contributed by atoms with Gasteiger partial charge in [-0.25, -0.2) is 0 Å². The Balaban J connectivity index is 0.725. The van der Waals surface area contributed by atoms with Crippen LogP contribution in [0.25, 0.3) is 119 Å². The number of hydrogen-bond donors (Lipinski definition) is 0. The average Bonchev–Trinajstić information content (AvgIpc) is 2.77. The van der Waals surface area contributed by atoms with Crippen molar-refractivity contribution in [2.45, 2.75) is 0 Å². The van der Waals surface area contributed by atoms with Crippen LogP contribution in [0.5, 0.6) is 0 Å². The molecule has 4 aromatic heterocycles. The number of rotatable bonds is 13. The van der Waals surface area contributed by atoms with Crippen LogP contribution in [0.3, 0.4) is 0 Å². The first-order chi connectivity index (χ1) is 42.6. The van der Waals surface area contributed by atoms with Crippen molar-refractivity contribution in [1.82, 2.24) is 0 Å². The van der Waals surface area contributed by atoms with Crippen molar-refractivity contribution in [3.05, 3.63) is 315 Å². The number of benzene rings is 12. The average molecular weight is 1140 g/mol. The molecule has 0 atom stereocenters. The highest BCUT2D eigenvalue weighted by molar-refractivity contribution is 7.19. The van der Waals surface area contributed by atoms with E-state index in [9.17, 15) is 0 Å². The Morgan fingerprint density at radius 2 is 0.465 bits per heavy atom. The molecular weight excluding hydrogens is 1090 g/mol. The van der Waals surface area contributed by atoms with Crippen LogP contribution in [0, 0.1) is 0 Å². The summed E-state index contributed by atoms with van der Waals surface area (Å²) in [5, 5.41) is 4.49. The second kappa shape index (κ2) is 21.8. The van der Waals surface area contributed by atoms with Gasteiger partial charge in [-0.05, 0) is 154 Å². The number of fused-ring (bicyclic) bond motifs is 6. The lowest BCUT2D eigenvalue weighted by molar-refractivity contribution is 0.669. The molecule has 6 heteroatoms. The van der Waals surface area contributed by atoms with Crippen molar-refractivity contribution in [3.8, 4) is 75.1 Å². The summed E-state index contributed by atoms with van der Waals surface area (Å²) in [4.78, 5) is 9.68. The summed E-state index contributed by atoms with van der Waals surface area (Å²) < 4.78 is 13.0. The lowest BCUT2D eigenvalue weighted by atomic mass is 10.0. The largest absolute Gasteiger partial charge is 0.455 e. The lowest BCUT2D eigenvalue weighted by Gasteiger charge is -2.27. The fourth-order valence-electron chi connectivity index (χ4n) is 12.1. The highest BCUT2D eigenvalue weighted by atomic mass is 32.1. The molecule has 0 saturated heterocycles. The van der Waals surface area contributed by atoms with E-state index in [1.165, 1.54) is 41.8 Å². The fraction of sp³-hybridized carbons (Fsp3) is 0. The number of anilines is 6. The van der Waals surface area contributed by atoms with Crippen LogP contribution in [-0.4, -0.2) is 0 Å². The quantitative estimate of drug-likeness (QED) is 0.115. The van der Waals surface area contributed by atoms with Gasteiger partial charge >= 0.3 is 0 Å². The van der Waals surface area contributed by atoms with E-state index in [0.29, 0.717) is 0 Å². The first-order valence-electron chi connectivity index (χ1n) is 28.9. The Labute approximate surface area is 506 Å². The lowest BCUT2D eigenvalue weighted by Crippen LogP contribution is -2.10. The van der Waals surface area contributed by atoms with Gasteiger partial charge in [-0.3, -0.25) is 0 Å². The molecule has 0 radical (unpaired) electrons. The minimum Gasteiger partial charge on any atom is -0.455 e. The third kappa shape index (κ3) is 9.44. The molecule has 4 nitrogen and oxygen atoms in total. The van der Waals surface area contributed by atoms with Crippen LogP contribution in [0.15, 0.2) is 324 Å². The van der Waals surface area contributed by atoms with E-state index < -0.39 is 0 Å². The van der Waals surface area contributed by atoms with E-state index in [1.54, 1.807) is 0 Å². The molecule has 0 unspecified atom stereocenters. The minimum absolute atomic E-state index is 0.895. The van der Waals surface area contributed by atoms with Gasteiger partial charge in [-0.15, -0.1) is 22.7 Å². The van der Waals surface area contributed by atoms with Gasteiger partial charge in [-0.1, -0.05) is 206 Å². The molecule has 16 aromatic rings. The molecule has 16 rings (SSSR count). The van der Waals surface area contributed by atoms with Crippen molar-refractivity contribution >= 4 is 101 Å². The van der Waals surface area contributed by atoms with Gasteiger partial charge in [0.25, 0.3) is 0 Å². The number of nitrogens with zero attached hydrogens (tertiary/aromatic N) is 2. The van der Waals surface area contributed by atoms with E-state index in [-0.39, 0.29) is 0 Å². The van der Waals surface area contributed by atoms with E-state index in [4.69, 9.17) is 8.83 Å². The minimum atomic E-state index is 0.895. The van der Waals surface area contributed by atoms with E-state index in [1.807, 2.05) is 46.9 Å². The fourth-order valence-corrected chi connectivity index (χ4v) is 14.1. The predicted octanol–water partition coefficient (Wildman–Crippen LogP) is 24.2. The molecule has 0 bridgehead atoms. The normalized spacial score (nSPS) is 11.5. The predicted molar refractivity (Wildman–Crippen MR) is 364 cm³/mol. The third-order valence-electron chi connectivity index (χ3n) is 16.4. The van der Waals surface area contributed by atoms with E-state index in [2.05, 4.69) is 301 Å². The van der Waals surface area contributed by atoms with Crippen LogP contribution < -0.4 is 9.80 Å². The Bertz CT molecular complexity index is 4740. The summed E-state index contributed by atoms with van der Waals surface area (Å²) >= 11 is 3.64. The van der Waals surface area contributed by atoms with Gasteiger partial charge in [0.1, 0.15) is 22.3 Å². The molecule has 0 N–H and O–H groups in total. The van der Waals surface area contributed by atoms with Gasteiger partial charge in [0.05, 0.1) is 0 Å². The molecule has 0 spiro atoms. The van der Waals surface area contributed by atoms with Gasteiger partial charge in [-0.2, -0.15) is 0 Å². The zero-order valence-electron chi connectivity index (χ0n) is 46.5. The molecule has 0 saturated carbocycles. The number of furan rings is 2. The standard InChI is InChI=1S/C80H52N2O2S2/c1-3-13-57(14-4-1)75-49-51-77(85-75)59-33-45-65(46-34-59)81(63-41-29-55(30-42-63)67-19-11-21-71-69-17-7-9-23-73(69)83-79(67)71)61-37-25-53(26-38-61)54-27-39-62(40-28-54)82(66-47-35-60(36-48-66)78-52-50-76(86-78)58-15-5-2-6-16-58)64-43-31-56(32-44-64)68-20-12-22-72-70-18-8-10-24-74(70)84-80(68)72/h1-52H. The third-order valence-corrected chi connectivity index (χ3v) is 18.8. The Morgan fingerprint density at radius 3 is 0.802 bits per heavy atom. The van der Waals surface area contributed by atoms with Crippen molar-refractivity contribution < 1.29 is 8.83 Å². The molecular formula is C80H52N2O2S2. The summed E-state index contributed by atoms with van der Waals surface area (Å²) in [7, 11) is 0. The van der Waals surface area contributed by atoms with Crippen molar-refractivity contribution in [1.29, 1.82) is 0 Å². The van der Waals surface area contributed by atoms with Gasteiger partial charge in [0.2, 0.25) is 0 Å². The highest BCUT2D eigenvalue weighted by Gasteiger charge is 2.20. The van der Waals surface area contributed by atoms with Gasteiger partial charge < -0.3 is 18.6 Å². The smallest absolute Gasteiger partial charge is 0.143 e. The molecule has 0 amide bonds. The van der Waals surface area contributed by atoms with Gasteiger partial charge in [0.15, 0.2) is 0 Å². The highest BCUT2D eigenvalue weighted by Crippen LogP contribution is 2.45. The van der Waals surface area contributed by atoms with Crippen LogP contribution in [0.4, 0.5) is 34.1 Å². The molecule has 12 aromatic carbocycles. The summed E-state index contributed by atoms with van der Waals surface area (Å²) in [5.74, 6) is 0. The molecule has 0 aliphatic rings. The maximum absolute atomic E-state index is 6.49. The molecule has 86 heavy (non-hydrogen) atoms. The number of para-hydroxylation sites is 4. The summed E-state index contributed by atoms with van der Waals surface area (Å²) in [5.41, 5.74) is 21.4. The molecule has 0 fully saturated rings. The van der Waals surface area contributed by atoms with Crippen LogP contribution in [-0.2, 0) is 0 Å². The Morgan fingerprint density at radius 1 is 0.198 bits per heavy atom. The molecule has 4 heterocycles. The van der Waals surface area contributed by atoms with Crippen molar-refractivity contribution in [3.63, 3.8) is 0 Å². The SMILES string of the molecule is c1ccc(-c2ccc(-c3ccc(N(c4ccc(-c5ccc(N(c6ccc(-c7ccc(-c8ccccc8)s7)cc6)c6ccc(-c7cccc8c7oc7ccccc78)cc6)cc5)cc4)c4ccc(-c5cccc6c5oc5ccccc56)cc4)cc3)s2)cc1. The zero-order chi connectivity index (χ0) is 56.9. The number of thiophene rings is 2. The maximum Gasteiger partial charge on any atom is 0.143 e. The van der Waals surface area contributed by atoms with E-state index >= 15 is 0 Å². The monoisotopic (exact) mass is 1140 g/mol.